The summed E-state index contributed by atoms with van der Waals surface area (Å²) in [6.45, 7) is 24.7. The summed E-state index contributed by atoms with van der Waals surface area (Å²) in [5.41, 5.74) is 29.8. The van der Waals surface area contributed by atoms with Crippen LogP contribution in [0.25, 0.3) is 0 Å². The zero-order valence-corrected chi connectivity index (χ0v) is 47.9. The van der Waals surface area contributed by atoms with E-state index in [1.54, 1.807) is 20.8 Å². The monoisotopic (exact) mass is 1000 g/mol. The molecule has 0 bridgehead atoms. The summed E-state index contributed by atoms with van der Waals surface area (Å²) in [6.07, 6.45) is 5.11. The lowest BCUT2D eigenvalue weighted by atomic mass is 9.89. The zero-order chi connectivity index (χ0) is 53.1. The van der Waals surface area contributed by atoms with Gasteiger partial charge in [-0.1, -0.05) is 240 Å². The Balaban J connectivity index is 1.50. The maximum atomic E-state index is 2.61. The maximum absolute atomic E-state index is 3.61. The third-order valence-corrected chi connectivity index (χ3v) is 23.4. The lowest BCUT2D eigenvalue weighted by Gasteiger charge is -2.46. The van der Waals surface area contributed by atoms with Crippen molar-refractivity contribution in [2.75, 3.05) is 0 Å². The lowest BCUT2D eigenvalue weighted by molar-refractivity contribution is 0.850. The molecule has 10 rings (SSSR count). The SMILES string of the molecule is CC1=C(C)C(C)C([Si](c2c(C)cc(C)c(Cc3ccccc3)c2Cc2ccccc2)(c2c(C)cc(C)c(Cc3ccccc3)c2Cc2ccccc2)c2c(C)cc(C)c(Cc3ccccc3)c2Cc2ccccc2)=C1C. The van der Waals surface area contributed by atoms with Gasteiger partial charge in [-0.3, -0.25) is 0 Å². The van der Waals surface area contributed by atoms with Crippen LogP contribution in [-0.4, -0.2) is 8.07 Å². The molecule has 0 aromatic heterocycles. The number of hydrogen-bond acceptors (Lipinski definition) is 0. The molecule has 9 aromatic carbocycles. The quantitative estimate of drug-likeness (QED) is 0.0668. The minimum Gasteiger partial charge on any atom is -0.0636 e. The predicted molar refractivity (Wildman–Crippen MR) is 328 cm³/mol. The van der Waals surface area contributed by atoms with Gasteiger partial charge in [0.05, 0.1) is 0 Å². The van der Waals surface area contributed by atoms with Crippen LogP contribution in [0.5, 0.6) is 0 Å². The molecular weight excluding hydrogens is 929 g/mol. The van der Waals surface area contributed by atoms with E-state index in [-0.39, 0.29) is 5.92 Å². The largest absolute Gasteiger partial charge is 0.178 e. The van der Waals surface area contributed by atoms with Gasteiger partial charge in [0, 0.05) is 0 Å². The van der Waals surface area contributed by atoms with Gasteiger partial charge in [0.15, 0.2) is 8.07 Å². The van der Waals surface area contributed by atoms with Crippen molar-refractivity contribution >= 4 is 23.6 Å². The molecule has 1 aliphatic carbocycles. The Morgan fingerprint density at radius 3 is 0.711 bits per heavy atom. The average Bonchev–Trinajstić information content (AvgIpc) is 3.72. The van der Waals surface area contributed by atoms with Crippen molar-refractivity contribution in [1.29, 1.82) is 0 Å². The highest BCUT2D eigenvalue weighted by Crippen LogP contribution is 2.45. The van der Waals surface area contributed by atoms with Gasteiger partial charge in [-0.25, -0.2) is 0 Å². The summed E-state index contributed by atoms with van der Waals surface area (Å²) in [6, 6.07) is 76.0. The van der Waals surface area contributed by atoms with Gasteiger partial charge < -0.3 is 0 Å². The summed E-state index contributed by atoms with van der Waals surface area (Å²) in [7, 11) is -3.61. The van der Waals surface area contributed by atoms with Gasteiger partial charge in [0.2, 0.25) is 0 Å². The molecule has 0 amide bonds. The average molecular weight is 1010 g/mol. The van der Waals surface area contributed by atoms with Gasteiger partial charge in [0.25, 0.3) is 0 Å². The van der Waals surface area contributed by atoms with Crippen LogP contribution >= 0.6 is 0 Å². The Labute approximate surface area is 457 Å². The van der Waals surface area contributed by atoms with Crippen LogP contribution in [0.1, 0.15) is 128 Å². The number of hydrogen-bond donors (Lipinski definition) is 0. The Morgan fingerprint density at radius 1 is 0.276 bits per heavy atom. The summed E-state index contributed by atoms with van der Waals surface area (Å²) in [4.78, 5) is 0. The first kappa shape index (κ1) is 52.1. The first-order valence-corrected chi connectivity index (χ1v) is 29.8. The van der Waals surface area contributed by atoms with E-state index in [2.05, 4.69) is 269 Å². The van der Waals surface area contributed by atoms with E-state index in [0.29, 0.717) is 0 Å². The highest BCUT2D eigenvalue weighted by molar-refractivity contribution is 7.17. The van der Waals surface area contributed by atoms with Gasteiger partial charge in [-0.15, -0.1) is 0 Å². The first-order chi connectivity index (χ1) is 36.8. The fourth-order valence-electron chi connectivity index (χ4n) is 13.8. The minimum absolute atomic E-state index is 0.209. The molecule has 0 nitrogen and oxygen atoms in total. The normalized spacial score (nSPS) is 13.7. The van der Waals surface area contributed by atoms with E-state index in [0.717, 1.165) is 38.5 Å². The molecule has 0 N–H and O–H groups in total. The summed E-state index contributed by atoms with van der Waals surface area (Å²) in [5.74, 6) is 0.209. The molecule has 0 heterocycles. The molecule has 1 aliphatic rings. The van der Waals surface area contributed by atoms with Crippen molar-refractivity contribution in [3.8, 4) is 0 Å². The van der Waals surface area contributed by atoms with E-state index in [4.69, 9.17) is 0 Å². The highest BCUT2D eigenvalue weighted by Gasteiger charge is 2.54. The van der Waals surface area contributed by atoms with Gasteiger partial charge in [0.1, 0.15) is 0 Å². The Hall–Kier alpha value is -7.32. The molecule has 0 aliphatic heterocycles. The molecule has 0 radical (unpaired) electrons. The van der Waals surface area contributed by atoms with Crippen molar-refractivity contribution < 1.29 is 0 Å². The number of allylic oxidation sites excluding steroid dienone is 4. The van der Waals surface area contributed by atoms with Crippen LogP contribution in [0.15, 0.2) is 222 Å². The van der Waals surface area contributed by atoms with Crippen molar-refractivity contribution in [2.45, 2.75) is 108 Å². The van der Waals surface area contributed by atoms with E-state index < -0.39 is 8.07 Å². The third kappa shape index (κ3) is 10.1. The predicted octanol–water partition coefficient (Wildman–Crippen LogP) is 16.4. The van der Waals surface area contributed by atoms with Crippen LogP contribution in [0.4, 0.5) is 0 Å². The molecule has 1 atom stereocenters. The third-order valence-electron chi connectivity index (χ3n) is 17.4. The second kappa shape index (κ2) is 22.5. The second-order valence-electron chi connectivity index (χ2n) is 22.3. The van der Waals surface area contributed by atoms with Crippen molar-refractivity contribution in [1.82, 2.24) is 0 Å². The summed E-state index contributed by atoms with van der Waals surface area (Å²) < 4.78 is 0. The fourth-order valence-corrected chi connectivity index (χ4v) is 21.0. The zero-order valence-electron chi connectivity index (χ0n) is 46.9. The molecule has 0 saturated carbocycles. The van der Waals surface area contributed by atoms with E-state index in [1.807, 2.05) is 0 Å². The lowest BCUT2D eigenvalue weighted by Crippen LogP contribution is -2.74. The highest BCUT2D eigenvalue weighted by atomic mass is 28.3. The van der Waals surface area contributed by atoms with Gasteiger partial charge in [-0.2, -0.15) is 0 Å². The van der Waals surface area contributed by atoms with Crippen molar-refractivity contribution in [2.24, 2.45) is 5.92 Å². The van der Waals surface area contributed by atoms with Crippen molar-refractivity contribution in [3.63, 3.8) is 0 Å². The van der Waals surface area contributed by atoms with Crippen LogP contribution in [0.3, 0.4) is 0 Å². The molecular formula is C75H76Si. The van der Waals surface area contributed by atoms with Crippen LogP contribution in [-0.2, 0) is 38.5 Å². The molecule has 1 heteroatoms. The Morgan fingerprint density at radius 2 is 0.500 bits per heavy atom. The van der Waals surface area contributed by atoms with E-state index >= 15 is 0 Å². The van der Waals surface area contributed by atoms with Crippen LogP contribution in [0, 0.1) is 47.5 Å². The topological polar surface area (TPSA) is 0 Å². The molecule has 76 heavy (non-hydrogen) atoms. The molecule has 380 valence electrons. The Bertz CT molecular complexity index is 3240. The minimum atomic E-state index is -3.61. The van der Waals surface area contributed by atoms with Crippen LogP contribution < -0.4 is 15.6 Å². The summed E-state index contributed by atoms with van der Waals surface area (Å²) in [5, 5.41) is 6.44. The maximum Gasteiger partial charge on any atom is 0.178 e. The van der Waals surface area contributed by atoms with E-state index in [1.165, 1.54) is 117 Å². The fraction of sp³-hybridized carbons (Fsp3) is 0.227. The van der Waals surface area contributed by atoms with Crippen LogP contribution in [0.2, 0.25) is 0 Å². The van der Waals surface area contributed by atoms with Gasteiger partial charge >= 0.3 is 0 Å². The standard InChI is InChI=1S/C75H76Si/c1-50-41-53(4)72(69(47-63-35-23-14-24-36-63)66(50)44-60-29-17-11-18-30-60)76(75-58(9)56(7)57(8)59(75)10,73-54(5)42-51(2)67(45-61-31-19-12-20-32-61)70(73)48-64-37-25-15-26-38-64)74-55(6)43-52(3)68(46-62-33-21-13-22-34-62)71(74)49-65-39-27-16-28-40-65/h11-43,58H,44-49H2,1-10H3. The molecule has 0 fully saturated rings. The molecule has 1 unspecified atom stereocenters. The summed E-state index contributed by atoms with van der Waals surface area (Å²) >= 11 is 0. The second-order valence-corrected chi connectivity index (χ2v) is 25.9. The van der Waals surface area contributed by atoms with Crippen molar-refractivity contribution in [3.05, 3.63) is 322 Å². The Kier molecular flexibility index (Phi) is 15.4. The molecule has 0 saturated heterocycles. The molecule has 9 aromatic rings. The van der Waals surface area contributed by atoms with E-state index in [9.17, 15) is 0 Å². The smallest absolute Gasteiger partial charge is 0.0636 e. The van der Waals surface area contributed by atoms with Gasteiger partial charge in [-0.05, 0) is 211 Å². The number of benzene rings is 9. The number of aryl methyl sites for hydroxylation is 6. The molecule has 0 spiro atoms. The first-order valence-electron chi connectivity index (χ1n) is 27.8. The number of rotatable bonds is 16.